The molecule has 1 amide bonds. The van der Waals surface area contributed by atoms with Gasteiger partial charge in [0.1, 0.15) is 5.82 Å². The van der Waals surface area contributed by atoms with Crippen molar-refractivity contribution in [3.05, 3.63) is 59.4 Å². The van der Waals surface area contributed by atoms with Gasteiger partial charge in [-0.1, -0.05) is 30.3 Å². The van der Waals surface area contributed by atoms with Gasteiger partial charge in [-0.25, -0.2) is 9.78 Å². The lowest BCUT2D eigenvalue weighted by molar-refractivity contribution is -0.145. The fourth-order valence-corrected chi connectivity index (χ4v) is 5.13. The van der Waals surface area contributed by atoms with Crippen LogP contribution >= 0.6 is 0 Å². The van der Waals surface area contributed by atoms with Gasteiger partial charge in [-0.15, -0.1) is 0 Å². The Hall–Kier alpha value is -3.35. The number of ether oxygens (including phenoxy) is 1. The minimum atomic E-state index is -0.727. The fourth-order valence-electron chi connectivity index (χ4n) is 5.13. The van der Waals surface area contributed by atoms with E-state index >= 15 is 0 Å². The first-order valence-electron chi connectivity index (χ1n) is 11.1. The molecule has 1 aliphatic heterocycles. The highest BCUT2D eigenvalue weighted by Crippen LogP contribution is 2.43. The third-order valence-electron chi connectivity index (χ3n) is 6.93. The number of aliphatic carboxylic acids is 1. The topological polar surface area (TPSA) is 84.7 Å². The Kier molecular flexibility index (Phi) is 5.12. The van der Waals surface area contributed by atoms with Gasteiger partial charge in [0.2, 0.25) is 0 Å². The standard InChI is InChI=1S/C25H27N3O4/c1-15-8-9-19-20(27(15)25(31)32-2)10-11-21-23(19)26-22(12-16-6-4-3-5-7-16)28(21)18-13-17(14-18)24(29)30/h3-7,10-11,15,17-18H,8-9,12-14H2,1-2H3,(H,29,30)/t15-,17?,18?/m0/s1. The van der Waals surface area contributed by atoms with Crippen LogP contribution in [0.4, 0.5) is 10.5 Å². The van der Waals surface area contributed by atoms with E-state index in [2.05, 4.69) is 16.7 Å². The van der Waals surface area contributed by atoms with E-state index in [0.29, 0.717) is 19.3 Å². The van der Waals surface area contributed by atoms with Crippen molar-refractivity contribution in [3.8, 4) is 0 Å². The Morgan fingerprint density at radius 2 is 1.91 bits per heavy atom. The number of rotatable bonds is 4. The number of methoxy groups -OCH3 is 1. The smallest absolute Gasteiger partial charge is 0.414 e. The van der Waals surface area contributed by atoms with Crippen molar-refractivity contribution in [2.45, 2.75) is 51.1 Å². The summed E-state index contributed by atoms with van der Waals surface area (Å²) in [5.41, 5.74) is 5.01. The first-order valence-corrected chi connectivity index (χ1v) is 11.1. The summed E-state index contributed by atoms with van der Waals surface area (Å²) in [5, 5.41) is 9.38. The monoisotopic (exact) mass is 433 g/mol. The van der Waals surface area contributed by atoms with Gasteiger partial charge in [0.15, 0.2) is 0 Å². The molecule has 2 aliphatic rings. The predicted octanol–water partition coefficient (Wildman–Crippen LogP) is 4.57. The number of amides is 1. The van der Waals surface area contributed by atoms with Crippen LogP contribution in [0, 0.1) is 5.92 Å². The van der Waals surface area contributed by atoms with E-state index in [4.69, 9.17) is 9.72 Å². The molecular weight excluding hydrogens is 406 g/mol. The van der Waals surface area contributed by atoms with Crippen LogP contribution in [0.2, 0.25) is 0 Å². The molecule has 166 valence electrons. The van der Waals surface area contributed by atoms with Crippen molar-refractivity contribution in [2.24, 2.45) is 5.92 Å². The molecule has 1 N–H and O–H groups in total. The van der Waals surface area contributed by atoms with Gasteiger partial charge in [-0.2, -0.15) is 0 Å². The number of carboxylic acids is 1. The zero-order valence-corrected chi connectivity index (χ0v) is 18.3. The van der Waals surface area contributed by atoms with E-state index < -0.39 is 5.97 Å². The number of hydrogen-bond acceptors (Lipinski definition) is 4. The van der Waals surface area contributed by atoms with Gasteiger partial charge in [0, 0.05) is 24.1 Å². The Bertz CT molecular complexity index is 1180. The van der Waals surface area contributed by atoms with Crippen molar-refractivity contribution in [3.63, 3.8) is 0 Å². The molecule has 0 saturated heterocycles. The lowest BCUT2D eigenvalue weighted by Gasteiger charge is -2.36. The Morgan fingerprint density at radius 1 is 1.16 bits per heavy atom. The predicted molar refractivity (Wildman–Crippen MR) is 121 cm³/mol. The van der Waals surface area contributed by atoms with E-state index in [-0.39, 0.29) is 24.1 Å². The Balaban J connectivity index is 1.63. The van der Waals surface area contributed by atoms with Gasteiger partial charge in [0.05, 0.1) is 29.7 Å². The molecule has 1 fully saturated rings. The SMILES string of the molecule is COC(=O)N1c2ccc3c(nc(Cc4ccccc4)n3C3CC(C(=O)O)C3)c2CC[C@@H]1C. The third-order valence-corrected chi connectivity index (χ3v) is 6.93. The van der Waals surface area contributed by atoms with Gasteiger partial charge in [-0.05, 0) is 50.3 Å². The van der Waals surface area contributed by atoms with Crippen LogP contribution in [-0.2, 0) is 22.4 Å². The van der Waals surface area contributed by atoms with Gasteiger partial charge in [-0.3, -0.25) is 9.69 Å². The number of aryl methyl sites for hydroxylation is 1. The minimum Gasteiger partial charge on any atom is -0.481 e. The molecule has 7 heteroatoms. The highest BCUT2D eigenvalue weighted by Gasteiger charge is 2.38. The van der Waals surface area contributed by atoms with E-state index in [1.807, 2.05) is 37.3 Å². The van der Waals surface area contributed by atoms with Crippen LogP contribution in [0.3, 0.4) is 0 Å². The summed E-state index contributed by atoms with van der Waals surface area (Å²) in [6.07, 6.45) is 3.23. The summed E-state index contributed by atoms with van der Waals surface area (Å²) in [4.78, 5) is 30.7. The minimum absolute atomic E-state index is 0.0567. The number of nitrogens with zero attached hydrogens (tertiary/aromatic N) is 3. The second kappa shape index (κ2) is 7.97. The number of benzene rings is 2. The molecule has 2 aromatic carbocycles. The first-order chi connectivity index (χ1) is 15.5. The van der Waals surface area contributed by atoms with E-state index in [0.717, 1.165) is 46.5 Å². The van der Waals surface area contributed by atoms with Crippen molar-refractivity contribution >= 4 is 28.8 Å². The van der Waals surface area contributed by atoms with Gasteiger partial charge >= 0.3 is 12.1 Å². The zero-order chi connectivity index (χ0) is 22.4. The molecule has 32 heavy (non-hydrogen) atoms. The maximum Gasteiger partial charge on any atom is 0.414 e. The molecule has 0 radical (unpaired) electrons. The summed E-state index contributed by atoms with van der Waals surface area (Å²) < 4.78 is 7.28. The maximum absolute atomic E-state index is 12.5. The van der Waals surface area contributed by atoms with Crippen molar-refractivity contribution in [1.29, 1.82) is 0 Å². The maximum atomic E-state index is 12.5. The average Bonchev–Trinajstić information content (AvgIpc) is 3.10. The fraction of sp³-hybridized carbons (Fsp3) is 0.400. The largest absolute Gasteiger partial charge is 0.481 e. The van der Waals surface area contributed by atoms with Crippen molar-refractivity contribution < 1.29 is 19.4 Å². The number of fused-ring (bicyclic) bond motifs is 3. The van der Waals surface area contributed by atoms with E-state index in [1.165, 1.54) is 7.11 Å². The van der Waals surface area contributed by atoms with Crippen LogP contribution in [0.25, 0.3) is 11.0 Å². The molecule has 0 bridgehead atoms. The number of anilines is 1. The molecule has 0 unspecified atom stereocenters. The lowest BCUT2D eigenvalue weighted by Crippen LogP contribution is -2.42. The molecule has 0 spiro atoms. The summed E-state index contributed by atoms with van der Waals surface area (Å²) in [7, 11) is 1.41. The van der Waals surface area contributed by atoms with Crippen LogP contribution in [0.1, 0.15) is 49.2 Å². The molecular formula is C25H27N3O4. The van der Waals surface area contributed by atoms with Gasteiger partial charge < -0.3 is 14.4 Å². The quantitative estimate of drug-likeness (QED) is 0.652. The lowest BCUT2D eigenvalue weighted by atomic mass is 9.80. The van der Waals surface area contributed by atoms with Crippen molar-refractivity contribution in [1.82, 2.24) is 9.55 Å². The van der Waals surface area contributed by atoms with E-state index in [9.17, 15) is 14.7 Å². The Labute approximate surface area is 186 Å². The molecule has 1 aliphatic carbocycles. The first kappa shape index (κ1) is 20.5. The molecule has 7 nitrogen and oxygen atoms in total. The third kappa shape index (κ3) is 3.32. The molecule has 1 saturated carbocycles. The summed E-state index contributed by atoms with van der Waals surface area (Å²) in [6.45, 7) is 2.03. The second-order valence-corrected chi connectivity index (χ2v) is 8.88. The molecule has 1 atom stereocenters. The number of carbonyl (C=O) groups is 2. The van der Waals surface area contributed by atoms with Crippen LogP contribution < -0.4 is 4.90 Å². The molecule has 2 heterocycles. The highest BCUT2D eigenvalue weighted by molar-refractivity contribution is 5.95. The summed E-state index contributed by atoms with van der Waals surface area (Å²) >= 11 is 0. The summed E-state index contributed by atoms with van der Waals surface area (Å²) in [6, 6.07) is 14.4. The number of imidazole rings is 1. The average molecular weight is 434 g/mol. The highest BCUT2D eigenvalue weighted by atomic mass is 16.5. The Morgan fingerprint density at radius 3 is 2.59 bits per heavy atom. The molecule has 1 aromatic heterocycles. The van der Waals surface area contributed by atoms with Crippen LogP contribution in [0.15, 0.2) is 42.5 Å². The zero-order valence-electron chi connectivity index (χ0n) is 18.3. The number of carboxylic acid groups (broad SMARTS) is 1. The number of hydrogen-bond donors (Lipinski definition) is 1. The van der Waals surface area contributed by atoms with Crippen LogP contribution in [-0.4, -0.2) is 39.9 Å². The second-order valence-electron chi connectivity index (χ2n) is 8.88. The normalized spacial score (nSPS) is 22.3. The van der Waals surface area contributed by atoms with Crippen molar-refractivity contribution in [2.75, 3.05) is 12.0 Å². The van der Waals surface area contributed by atoms with Gasteiger partial charge in [0.25, 0.3) is 0 Å². The molecule has 3 aromatic rings. The van der Waals surface area contributed by atoms with Crippen LogP contribution in [0.5, 0.6) is 0 Å². The molecule has 5 rings (SSSR count). The summed E-state index contributed by atoms with van der Waals surface area (Å²) in [5.74, 6) is -0.0811. The van der Waals surface area contributed by atoms with E-state index in [1.54, 1.807) is 4.90 Å². The number of aromatic nitrogens is 2. The number of carbonyl (C=O) groups excluding carboxylic acids is 1.